The van der Waals surface area contributed by atoms with Gasteiger partial charge in [0.15, 0.2) is 0 Å². The van der Waals surface area contributed by atoms with E-state index >= 15 is 0 Å². The number of carbonyl (C=O) groups is 1. The summed E-state index contributed by atoms with van der Waals surface area (Å²) >= 11 is 0. The van der Waals surface area contributed by atoms with E-state index in [9.17, 15) is 9.18 Å². The van der Waals surface area contributed by atoms with Gasteiger partial charge >= 0.3 is 0 Å². The molecule has 0 aliphatic carbocycles. The van der Waals surface area contributed by atoms with Crippen LogP contribution < -0.4 is 11.3 Å². The van der Waals surface area contributed by atoms with Gasteiger partial charge in [0, 0.05) is 6.20 Å². The standard InChI is InChI=1S/C10H10FN3O/c11-8-2-1-7-3-4-14(9(7)5-8)6-10(15)13-12/h1-5H,6,12H2,(H,13,15). The minimum Gasteiger partial charge on any atom is -0.338 e. The van der Waals surface area contributed by atoms with Crippen molar-refractivity contribution in [3.63, 3.8) is 0 Å². The molecule has 0 aliphatic heterocycles. The number of fused-ring (bicyclic) bond motifs is 1. The quantitative estimate of drug-likeness (QED) is 0.434. The predicted molar refractivity (Wildman–Crippen MR) is 54.2 cm³/mol. The Bertz CT molecular complexity index is 506. The fourth-order valence-electron chi connectivity index (χ4n) is 1.50. The number of benzene rings is 1. The molecule has 3 N–H and O–H groups in total. The molecule has 0 fully saturated rings. The van der Waals surface area contributed by atoms with Crippen LogP contribution in [0.5, 0.6) is 0 Å². The molecular weight excluding hydrogens is 197 g/mol. The molecule has 0 aliphatic rings. The van der Waals surface area contributed by atoms with Gasteiger partial charge in [-0.3, -0.25) is 10.2 Å². The Morgan fingerprint density at radius 1 is 1.47 bits per heavy atom. The lowest BCUT2D eigenvalue weighted by atomic mass is 10.2. The maximum absolute atomic E-state index is 13.0. The highest BCUT2D eigenvalue weighted by Gasteiger charge is 2.05. The van der Waals surface area contributed by atoms with Gasteiger partial charge in [0.2, 0.25) is 0 Å². The molecule has 0 saturated carbocycles. The summed E-state index contributed by atoms with van der Waals surface area (Å²) in [7, 11) is 0. The van der Waals surface area contributed by atoms with Gasteiger partial charge in [-0.05, 0) is 29.7 Å². The molecule has 0 bridgehead atoms. The molecule has 4 nitrogen and oxygen atoms in total. The summed E-state index contributed by atoms with van der Waals surface area (Å²) in [6, 6.07) is 6.26. The van der Waals surface area contributed by atoms with Gasteiger partial charge in [0.05, 0.1) is 5.52 Å². The van der Waals surface area contributed by atoms with E-state index in [4.69, 9.17) is 5.84 Å². The molecule has 2 rings (SSSR count). The molecule has 1 aromatic heterocycles. The predicted octanol–water partition coefficient (Wildman–Crippen LogP) is 0.770. The fourth-order valence-corrected chi connectivity index (χ4v) is 1.50. The van der Waals surface area contributed by atoms with Crippen LogP contribution in [0.4, 0.5) is 4.39 Å². The van der Waals surface area contributed by atoms with Crippen LogP contribution in [-0.4, -0.2) is 10.5 Å². The molecule has 0 atom stereocenters. The lowest BCUT2D eigenvalue weighted by molar-refractivity contribution is -0.121. The van der Waals surface area contributed by atoms with Gasteiger partial charge < -0.3 is 4.57 Å². The van der Waals surface area contributed by atoms with E-state index < -0.39 is 0 Å². The molecule has 0 unspecified atom stereocenters. The summed E-state index contributed by atoms with van der Waals surface area (Å²) in [4.78, 5) is 11.1. The highest BCUT2D eigenvalue weighted by atomic mass is 19.1. The monoisotopic (exact) mass is 207 g/mol. The molecule has 0 saturated heterocycles. The molecular formula is C10H10FN3O. The lowest BCUT2D eigenvalue weighted by Gasteiger charge is -2.03. The molecule has 0 spiro atoms. The van der Waals surface area contributed by atoms with Crippen molar-refractivity contribution in [3.05, 3.63) is 36.3 Å². The van der Waals surface area contributed by atoms with E-state index in [1.807, 2.05) is 11.5 Å². The Hall–Kier alpha value is -1.88. The number of halogens is 1. The number of nitrogens with one attached hydrogen (secondary N) is 1. The summed E-state index contributed by atoms with van der Waals surface area (Å²) in [6.45, 7) is 0.0868. The number of nitrogens with zero attached hydrogens (tertiary/aromatic N) is 1. The molecule has 1 aromatic carbocycles. The van der Waals surface area contributed by atoms with Gasteiger partial charge in [0.25, 0.3) is 5.91 Å². The minimum atomic E-state index is -0.324. The van der Waals surface area contributed by atoms with E-state index in [0.717, 1.165) is 5.39 Å². The van der Waals surface area contributed by atoms with Gasteiger partial charge in [-0.1, -0.05) is 0 Å². The minimum absolute atomic E-state index is 0.0868. The van der Waals surface area contributed by atoms with Crippen molar-refractivity contribution >= 4 is 16.8 Å². The Labute approximate surface area is 85.4 Å². The summed E-state index contributed by atoms with van der Waals surface area (Å²) in [6.07, 6.45) is 1.72. The van der Waals surface area contributed by atoms with Gasteiger partial charge in [-0.25, -0.2) is 10.2 Å². The van der Waals surface area contributed by atoms with Crippen LogP contribution in [0, 0.1) is 5.82 Å². The molecule has 0 radical (unpaired) electrons. The van der Waals surface area contributed by atoms with Crippen molar-refractivity contribution in [3.8, 4) is 0 Å². The number of carbonyl (C=O) groups excluding carboxylic acids is 1. The van der Waals surface area contributed by atoms with Gasteiger partial charge in [-0.2, -0.15) is 0 Å². The second kappa shape index (κ2) is 3.70. The number of hydrogen-bond donors (Lipinski definition) is 2. The van der Waals surface area contributed by atoms with Crippen LogP contribution in [-0.2, 0) is 11.3 Å². The second-order valence-electron chi connectivity index (χ2n) is 3.21. The summed E-state index contributed by atoms with van der Waals surface area (Å²) < 4.78 is 14.6. The van der Waals surface area contributed by atoms with E-state index in [0.29, 0.717) is 5.52 Å². The van der Waals surface area contributed by atoms with E-state index in [-0.39, 0.29) is 18.3 Å². The number of aromatic nitrogens is 1. The average Bonchev–Trinajstić information content (AvgIpc) is 2.61. The van der Waals surface area contributed by atoms with Crippen LogP contribution in [0.2, 0.25) is 0 Å². The second-order valence-corrected chi connectivity index (χ2v) is 3.21. The Balaban J connectivity index is 2.43. The number of rotatable bonds is 2. The maximum atomic E-state index is 13.0. The Morgan fingerprint density at radius 3 is 3.00 bits per heavy atom. The van der Waals surface area contributed by atoms with Crippen LogP contribution in [0.15, 0.2) is 30.5 Å². The molecule has 1 heterocycles. The fraction of sp³-hybridized carbons (Fsp3) is 0.100. The molecule has 15 heavy (non-hydrogen) atoms. The van der Waals surface area contributed by atoms with Crippen LogP contribution >= 0.6 is 0 Å². The third-order valence-corrected chi connectivity index (χ3v) is 2.21. The number of amides is 1. The Morgan fingerprint density at radius 2 is 2.27 bits per heavy atom. The third kappa shape index (κ3) is 1.82. The number of hydrogen-bond acceptors (Lipinski definition) is 2. The molecule has 78 valence electrons. The SMILES string of the molecule is NNC(=O)Cn1ccc2ccc(F)cc21. The molecule has 1 amide bonds. The zero-order valence-electron chi connectivity index (χ0n) is 7.90. The van der Waals surface area contributed by atoms with Gasteiger partial charge in [-0.15, -0.1) is 0 Å². The normalized spacial score (nSPS) is 10.5. The largest absolute Gasteiger partial charge is 0.338 e. The third-order valence-electron chi connectivity index (χ3n) is 2.21. The zero-order chi connectivity index (χ0) is 10.8. The zero-order valence-corrected chi connectivity index (χ0v) is 7.90. The van der Waals surface area contributed by atoms with Crippen LogP contribution in [0.3, 0.4) is 0 Å². The smallest absolute Gasteiger partial charge is 0.253 e. The summed E-state index contributed by atoms with van der Waals surface area (Å²) in [5.74, 6) is 4.33. The van der Waals surface area contributed by atoms with Crippen molar-refractivity contribution in [2.75, 3.05) is 0 Å². The first-order chi connectivity index (χ1) is 7.20. The molecule has 5 heteroatoms. The van der Waals surface area contributed by atoms with E-state index in [1.165, 1.54) is 12.1 Å². The first kappa shape index (κ1) is 9.67. The topological polar surface area (TPSA) is 60.0 Å². The van der Waals surface area contributed by atoms with E-state index in [1.54, 1.807) is 16.8 Å². The average molecular weight is 207 g/mol. The van der Waals surface area contributed by atoms with E-state index in [2.05, 4.69) is 0 Å². The highest BCUT2D eigenvalue weighted by Crippen LogP contribution is 2.16. The number of hydrazine groups is 1. The number of nitrogens with two attached hydrogens (primary N) is 1. The van der Waals surface area contributed by atoms with Crippen molar-refractivity contribution < 1.29 is 9.18 Å². The van der Waals surface area contributed by atoms with Crippen LogP contribution in [0.1, 0.15) is 0 Å². The lowest BCUT2D eigenvalue weighted by Crippen LogP contribution is -2.33. The first-order valence-electron chi connectivity index (χ1n) is 4.44. The maximum Gasteiger partial charge on any atom is 0.253 e. The van der Waals surface area contributed by atoms with Crippen molar-refractivity contribution in [1.82, 2.24) is 9.99 Å². The summed E-state index contributed by atoms with van der Waals surface area (Å²) in [5.41, 5.74) is 2.71. The molecule has 2 aromatic rings. The van der Waals surface area contributed by atoms with Crippen molar-refractivity contribution in [1.29, 1.82) is 0 Å². The van der Waals surface area contributed by atoms with Crippen LogP contribution in [0.25, 0.3) is 10.9 Å². The summed E-state index contributed by atoms with van der Waals surface area (Å²) in [5, 5.41) is 0.890. The van der Waals surface area contributed by atoms with Crippen molar-refractivity contribution in [2.24, 2.45) is 5.84 Å². The van der Waals surface area contributed by atoms with Gasteiger partial charge in [0.1, 0.15) is 12.4 Å². The Kier molecular flexibility index (Phi) is 2.39. The van der Waals surface area contributed by atoms with Crippen molar-refractivity contribution in [2.45, 2.75) is 6.54 Å². The highest BCUT2D eigenvalue weighted by molar-refractivity contribution is 5.83. The first-order valence-corrected chi connectivity index (χ1v) is 4.44.